The van der Waals surface area contributed by atoms with Crippen LogP contribution < -0.4 is 16.6 Å². The molecule has 0 bridgehead atoms. The van der Waals surface area contributed by atoms with E-state index in [4.69, 9.17) is 10.7 Å². The molecule has 1 aliphatic rings. The van der Waals surface area contributed by atoms with Crippen LogP contribution in [0.3, 0.4) is 0 Å². The van der Waals surface area contributed by atoms with Gasteiger partial charge in [0.1, 0.15) is 4.83 Å². The second kappa shape index (κ2) is 9.30. The van der Waals surface area contributed by atoms with E-state index in [2.05, 4.69) is 11.9 Å². The Kier molecular flexibility index (Phi) is 6.48. The first-order valence-corrected chi connectivity index (χ1v) is 12.1. The van der Waals surface area contributed by atoms with Crippen LogP contribution in [0.5, 0.6) is 0 Å². The Hall–Kier alpha value is -2.91. The van der Waals surface area contributed by atoms with Crippen LogP contribution in [0, 0.1) is 0 Å². The lowest BCUT2D eigenvalue weighted by molar-refractivity contribution is -0.115. The lowest BCUT2D eigenvalue weighted by atomic mass is 9.97. The van der Waals surface area contributed by atoms with E-state index in [-0.39, 0.29) is 11.5 Å². The second-order valence-electron chi connectivity index (χ2n) is 7.68. The Morgan fingerprint density at radius 3 is 2.72 bits per heavy atom. The van der Waals surface area contributed by atoms with Gasteiger partial charge in [-0.05, 0) is 62.4 Å². The second-order valence-corrected chi connectivity index (χ2v) is 10.1. The predicted molar refractivity (Wildman–Crippen MR) is 130 cm³/mol. The van der Waals surface area contributed by atoms with Crippen molar-refractivity contribution in [2.45, 2.75) is 49.6 Å². The van der Waals surface area contributed by atoms with E-state index >= 15 is 0 Å². The molecule has 2 amide bonds. The van der Waals surface area contributed by atoms with Crippen molar-refractivity contribution in [3.8, 4) is 0 Å². The monoisotopic (exact) mass is 468 g/mol. The number of nitrogens with one attached hydrogen (secondary N) is 1. The van der Waals surface area contributed by atoms with E-state index in [1.54, 1.807) is 53.2 Å². The van der Waals surface area contributed by atoms with Gasteiger partial charge in [-0.1, -0.05) is 17.8 Å². The van der Waals surface area contributed by atoms with Crippen molar-refractivity contribution in [1.29, 1.82) is 0 Å². The lowest BCUT2D eigenvalue weighted by Crippen LogP contribution is -2.27. The number of hydrogen-bond acceptors (Lipinski definition) is 6. The molecular formula is C23H24N4O3S2. The van der Waals surface area contributed by atoms with Crippen LogP contribution in [0.4, 0.5) is 5.69 Å². The number of carbonyl (C=O) groups excluding carboxylic acids is 2. The maximum Gasteiger partial charge on any atom is 0.263 e. The van der Waals surface area contributed by atoms with E-state index in [1.165, 1.54) is 16.6 Å². The fourth-order valence-corrected chi connectivity index (χ4v) is 5.99. The van der Waals surface area contributed by atoms with Crippen LogP contribution in [0.25, 0.3) is 10.2 Å². The van der Waals surface area contributed by atoms with Crippen LogP contribution in [0.1, 0.15) is 40.6 Å². The highest BCUT2D eigenvalue weighted by atomic mass is 32.2. The third-order valence-corrected chi connectivity index (χ3v) is 7.72. The number of allylic oxidation sites excluding steroid dienone is 1. The summed E-state index contributed by atoms with van der Waals surface area (Å²) in [6.45, 7) is 5.88. The molecule has 3 aromatic rings. The van der Waals surface area contributed by atoms with E-state index in [0.29, 0.717) is 23.0 Å². The molecule has 0 saturated carbocycles. The highest BCUT2D eigenvalue weighted by Crippen LogP contribution is 2.35. The standard InChI is InChI=1S/C23H24N4O3S2/c1-3-12-27-22(30)18-16-6-4-5-7-17(16)32-21(18)26-23(27)31-13(2)20(29)25-15-10-8-14(9-11-15)19(24)28/h3,8-11,13H,1,4-7,12H2,2H3,(H2,24,28)(H,25,29). The summed E-state index contributed by atoms with van der Waals surface area (Å²) in [7, 11) is 0. The van der Waals surface area contributed by atoms with Gasteiger partial charge in [-0.2, -0.15) is 0 Å². The minimum atomic E-state index is -0.524. The van der Waals surface area contributed by atoms with Crippen LogP contribution in [0.15, 0.2) is 46.9 Å². The molecule has 1 aliphatic carbocycles. The molecule has 0 spiro atoms. The Morgan fingerprint density at radius 1 is 1.31 bits per heavy atom. The number of aromatic nitrogens is 2. The maximum atomic E-state index is 13.3. The van der Waals surface area contributed by atoms with Gasteiger partial charge in [-0.25, -0.2) is 4.98 Å². The van der Waals surface area contributed by atoms with Crippen molar-refractivity contribution in [1.82, 2.24) is 9.55 Å². The summed E-state index contributed by atoms with van der Waals surface area (Å²) in [5.74, 6) is -0.754. The number of thiophene rings is 1. The highest BCUT2D eigenvalue weighted by Gasteiger charge is 2.24. The lowest BCUT2D eigenvalue weighted by Gasteiger charge is -2.15. The smallest absolute Gasteiger partial charge is 0.263 e. The van der Waals surface area contributed by atoms with Crippen LogP contribution in [-0.4, -0.2) is 26.6 Å². The van der Waals surface area contributed by atoms with Crippen molar-refractivity contribution in [3.05, 3.63) is 63.3 Å². The number of primary amides is 1. The summed E-state index contributed by atoms with van der Waals surface area (Å²) in [5, 5.41) is 3.56. The summed E-state index contributed by atoms with van der Waals surface area (Å²) in [6.07, 6.45) is 5.81. The molecule has 0 aliphatic heterocycles. The van der Waals surface area contributed by atoms with Gasteiger partial charge in [0.05, 0.1) is 10.6 Å². The topological polar surface area (TPSA) is 107 Å². The van der Waals surface area contributed by atoms with Crippen molar-refractivity contribution in [3.63, 3.8) is 0 Å². The van der Waals surface area contributed by atoms with Gasteiger partial charge in [0.25, 0.3) is 5.56 Å². The van der Waals surface area contributed by atoms with Crippen LogP contribution in [0.2, 0.25) is 0 Å². The van der Waals surface area contributed by atoms with Gasteiger partial charge in [-0.15, -0.1) is 17.9 Å². The predicted octanol–water partition coefficient (Wildman–Crippen LogP) is 3.74. The van der Waals surface area contributed by atoms with Crippen LogP contribution in [-0.2, 0) is 24.2 Å². The first kappa shape index (κ1) is 22.3. The average molecular weight is 469 g/mol. The number of aryl methyl sites for hydroxylation is 2. The van der Waals surface area contributed by atoms with Crippen molar-refractivity contribution in [2.75, 3.05) is 5.32 Å². The highest BCUT2D eigenvalue weighted by molar-refractivity contribution is 8.00. The number of benzene rings is 1. The van der Waals surface area contributed by atoms with Crippen molar-refractivity contribution >= 4 is 50.8 Å². The largest absolute Gasteiger partial charge is 0.366 e. The molecule has 1 atom stereocenters. The third-order valence-electron chi connectivity index (χ3n) is 5.44. The van der Waals surface area contributed by atoms with E-state index < -0.39 is 11.2 Å². The SMILES string of the molecule is C=CCn1c(SC(C)C(=O)Nc2ccc(C(N)=O)cc2)nc2sc3c(c2c1=O)CCCC3. The number of nitrogens with two attached hydrogens (primary N) is 1. The van der Waals surface area contributed by atoms with E-state index in [9.17, 15) is 14.4 Å². The number of thioether (sulfide) groups is 1. The summed E-state index contributed by atoms with van der Waals surface area (Å²) < 4.78 is 1.60. The summed E-state index contributed by atoms with van der Waals surface area (Å²) in [4.78, 5) is 44.1. The summed E-state index contributed by atoms with van der Waals surface area (Å²) >= 11 is 2.84. The number of rotatable bonds is 7. The zero-order chi connectivity index (χ0) is 22.8. The van der Waals surface area contributed by atoms with Crippen molar-refractivity contribution in [2.24, 2.45) is 5.73 Å². The molecule has 2 aromatic heterocycles. The Labute approximate surface area is 193 Å². The average Bonchev–Trinajstić information content (AvgIpc) is 3.15. The molecule has 0 fully saturated rings. The molecule has 166 valence electrons. The summed E-state index contributed by atoms with van der Waals surface area (Å²) in [6, 6.07) is 6.38. The molecule has 0 saturated heterocycles. The molecule has 1 aromatic carbocycles. The normalized spacial score (nSPS) is 14.0. The van der Waals surface area contributed by atoms with Gasteiger partial charge in [-0.3, -0.25) is 19.0 Å². The maximum absolute atomic E-state index is 13.3. The van der Waals surface area contributed by atoms with Gasteiger partial charge in [0, 0.05) is 22.7 Å². The molecule has 1 unspecified atom stereocenters. The van der Waals surface area contributed by atoms with Gasteiger partial charge in [0.15, 0.2) is 5.16 Å². The Balaban J connectivity index is 1.60. The third kappa shape index (κ3) is 4.35. The molecule has 9 heteroatoms. The molecule has 7 nitrogen and oxygen atoms in total. The molecule has 0 radical (unpaired) electrons. The number of amides is 2. The molecular weight excluding hydrogens is 444 g/mol. The fraction of sp³-hybridized carbons (Fsp3) is 0.304. The number of nitrogens with zero attached hydrogens (tertiary/aromatic N) is 2. The Bertz CT molecular complexity index is 1260. The summed E-state index contributed by atoms with van der Waals surface area (Å²) in [5.41, 5.74) is 7.27. The molecule has 4 rings (SSSR count). The van der Waals surface area contributed by atoms with Gasteiger partial charge in [0.2, 0.25) is 11.8 Å². The van der Waals surface area contributed by atoms with Gasteiger partial charge < -0.3 is 11.1 Å². The zero-order valence-corrected chi connectivity index (χ0v) is 19.4. The van der Waals surface area contributed by atoms with Gasteiger partial charge >= 0.3 is 0 Å². The number of fused-ring (bicyclic) bond motifs is 3. The van der Waals surface area contributed by atoms with E-state index in [0.717, 1.165) is 41.5 Å². The minimum absolute atomic E-state index is 0.0635. The van der Waals surface area contributed by atoms with E-state index in [1.807, 2.05) is 0 Å². The molecule has 3 N–H and O–H groups in total. The zero-order valence-electron chi connectivity index (χ0n) is 17.7. The minimum Gasteiger partial charge on any atom is -0.366 e. The number of anilines is 1. The Morgan fingerprint density at radius 2 is 2.03 bits per heavy atom. The molecule has 2 heterocycles. The number of carbonyl (C=O) groups is 2. The van der Waals surface area contributed by atoms with Crippen LogP contribution >= 0.6 is 23.1 Å². The first-order chi connectivity index (χ1) is 15.4. The quantitative estimate of drug-likeness (QED) is 0.312. The number of hydrogen-bond donors (Lipinski definition) is 2. The molecule has 32 heavy (non-hydrogen) atoms. The first-order valence-electron chi connectivity index (χ1n) is 10.4. The van der Waals surface area contributed by atoms with Crippen molar-refractivity contribution < 1.29 is 9.59 Å². The fourth-order valence-electron chi connectivity index (χ4n) is 3.77.